The molecule has 0 amide bonds. The van der Waals surface area contributed by atoms with Crippen LogP contribution in [-0.4, -0.2) is 33.5 Å². The summed E-state index contributed by atoms with van der Waals surface area (Å²) in [6.45, 7) is 6.99. The first-order chi connectivity index (χ1) is 13.2. The molecule has 0 saturated heterocycles. The SMILES string of the molecule is CC(CCC(=O)O)C1CC[C@H]2[C@@H]3CC[C@@H]4C[C@H](O)CC[C@]4(C)[C@H]3C[C@H](O)[C@]12C. The third-order valence-corrected chi connectivity index (χ3v) is 10.3. The summed E-state index contributed by atoms with van der Waals surface area (Å²) in [6, 6.07) is 0. The highest BCUT2D eigenvalue weighted by Crippen LogP contribution is 2.68. The molecular formula is C24H40O4. The number of aliphatic carboxylic acids is 1. The number of aliphatic hydroxyl groups is 2. The highest BCUT2D eigenvalue weighted by Gasteiger charge is 2.63. The van der Waals surface area contributed by atoms with Crippen LogP contribution in [0.3, 0.4) is 0 Å². The first-order valence-corrected chi connectivity index (χ1v) is 11.8. The molecule has 0 aromatic heterocycles. The second-order valence-electron chi connectivity index (χ2n) is 11.3. The van der Waals surface area contributed by atoms with Crippen LogP contribution in [0, 0.1) is 46.3 Å². The topological polar surface area (TPSA) is 77.8 Å². The molecule has 4 saturated carbocycles. The summed E-state index contributed by atoms with van der Waals surface area (Å²) in [5.41, 5.74) is 0.216. The van der Waals surface area contributed by atoms with E-state index in [2.05, 4.69) is 20.8 Å². The van der Waals surface area contributed by atoms with Crippen molar-refractivity contribution in [3.05, 3.63) is 0 Å². The Labute approximate surface area is 170 Å². The molecule has 28 heavy (non-hydrogen) atoms. The average molecular weight is 393 g/mol. The molecule has 4 aliphatic carbocycles. The van der Waals surface area contributed by atoms with Gasteiger partial charge in [0.25, 0.3) is 0 Å². The Hall–Kier alpha value is -0.610. The van der Waals surface area contributed by atoms with Gasteiger partial charge in [-0.2, -0.15) is 0 Å². The first-order valence-electron chi connectivity index (χ1n) is 11.8. The predicted molar refractivity (Wildman–Crippen MR) is 109 cm³/mol. The fraction of sp³-hybridized carbons (Fsp3) is 0.958. The van der Waals surface area contributed by atoms with Gasteiger partial charge in [0, 0.05) is 6.42 Å². The number of hydrogen-bond acceptors (Lipinski definition) is 3. The van der Waals surface area contributed by atoms with Crippen molar-refractivity contribution in [2.75, 3.05) is 0 Å². The maximum absolute atomic E-state index is 11.5. The second kappa shape index (κ2) is 7.27. The summed E-state index contributed by atoms with van der Waals surface area (Å²) in [6.07, 6.45) is 9.26. The van der Waals surface area contributed by atoms with E-state index in [0.29, 0.717) is 35.5 Å². The number of aliphatic hydroxyl groups excluding tert-OH is 2. The molecule has 0 aliphatic heterocycles. The van der Waals surface area contributed by atoms with Crippen LogP contribution in [-0.2, 0) is 4.79 Å². The molecule has 4 heteroatoms. The van der Waals surface area contributed by atoms with E-state index in [0.717, 1.165) is 38.5 Å². The number of carboxylic acid groups (broad SMARTS) is 1. The summed E-state index contributed by atoms with van der Waals surface area (Å²) < 4.78 is 0. The van der Waals surface area contributed by atoms with E-state index in [1.54, 1.807) is 0 Å². The highest BCUT2D eigenvalue weighted by molar-refractivity contribution is 5.66. The van der Waals surface area contributed by atoms with Crippen LogP contribution in [0.25, 0.3) is 0 Å². The zero-order valence-electron chi connectivity index (χ0n) is 17.9. The lowest BCUT2D eigenvalue weighted by Gasteiger charge is -2.62. The molecule has 0 bridgehead atoms. The van der Waals surface area contributed by atoms with Gasteiger partial charge in [0.05, 0.1) is 12.2 Å². The van der Waals surface area contributed by atoms with Crippen LogP contribution in [0.4, 0.5) is 0 Å². The van der Waals surface area contributed by atoms with Gasteiger partial charge in [-0.3, -0.25) is 4.79 Å². The zero-order valence-corrected chi connectivity index (χ0v) is 17.9. The van der Waals surface area contributed by atoms with Gasteiger partial charge in [-0.1, -0.05) is 20.8 Å². The van der Waals surface area contributed by atoms with Gasteiger partial charge in [0.2, 0.25) is 0 Å². The summed E-state index contributed by atoms with van der Waals surface area (Å²) in [7, 11) is 0. The van der Waals surface area contributed by atoms with E-state index in [1.807, 2.05) is 0 Å². The van der Waals surface area contributed by atoms with E-state index < -0.39 is 5.97 Å². The summed E-state index contributed by atoms with van der Waals surface area (Å²) >= 11 is 0. The number of fused-ring (bicyclic) bond motifs is 5. The van der Waals surface area contributed by atoms with Crippen LogP contribution in [0.1, 0.15) is 85.0 Å². The van der Waals surface area contributed by atoms with Gasteiger partial charge in [0.1, 0.15) is 0 Å². The highest BCUT2D eigenvalue weighted by atomic mass is 16.4. The molecule has 0 spiro atoms. The normalized spacial score (nSPS) is 51.7. The van der Waals surface area contributed by atoms with Crippen LogP contribution >= 0.6 is 0 Å². The molecule has 0 radical (unpaired) electrons. The van der Waals surface area contributed by atoms with E-state index >= 15 is 0 Å². The molecule has 4 fully saturated rings. The second-order valence-corrected chi connectivity index (χ2v) is 11.3. The van der Waals surface area contributed by atoms with Gasteiger partial charge < -0.3 is 15.3 Å². The molecule has 3 N–H and O–H groups in total. The molecule has 4 rings (SSSR count). The van der Waals surface area contributed by atoms with Gasteiger partial charge in [-0.05, 0) is 104 Å². The maximum atomic E-state index is 11.5. The lowest BCUT2D eigenvalue weighted by molar-refractivity contribution is -0.175. The number of hydrogen-bond donors (Lipinski definition) is 3. The Bertz CT molecular complexity index is 605. The maximum Gasteiger partial charge on any atom is 0.303 e. The molecule has 2 unspecified atom stereocenters. The van der Waals surface area contributed by atoms with Crippen molar-refractivity contribution in [3.8, 4) is 0 Å². The number of carbonyl (C=O) groups is 1. The molecule has 0 heterocycles. The Morgan fingerprint density at radius 3 is 2.50 bits per heavy atom. The fourth-order valence-corrected chi connectivity index (χ4v) is 8.71. The molecule has 0 aromatic rings. The van der Waals surface area contributed by atoms with Crippen molar-refractivity contribution in [3.63, 3.8) is 0 Å². The minimum Gasteiger partial charge on any atom is -0.481 e. The van der Waals surface area contributed by atoms with Crippen LogP contribution in [0.5, 0.6) is 0 Å². The van der Waals surface area contributed by atoms with E-state index in [-0.39, 0.29) is 29.5 Å². The van der Waals surface area contributed by atoms with Crippen molar-refractivity contribution in [2.45, 2.75) is 97.2 Å². The quantitative estimate of drug-likeness (QED) is 0.659. The summed E-state index contributed by atoms with van der Waals surface area (Å²) in [5.74, 6) is 2.55. The number of carboxylic acids is 1. The predicted octanol–water partition coefficient (Wildman–Crippen LogP) is 4.48. The van der Waals surface area contributed by atoms with E-state index in [1.165, 1.54) is 19.3 Å². The van der Waals surface area contributed by atoms with Crippen LogP contribution in [0.15, 0.2) is 0 Å². The molecule has 4 nitrogen and oxygen atoms in total. The van der Waals surface area contributed by atoms with Crippen molar-refractivity contribution in [1.29, 1.82) is 0 Å². The van der Waals surface area contributed by atoms with Gasteiger partial charge in [0.15, 0.2) is 0 Å². The van der Waals surface area contributed by atoms with Crippen molar-refractivity contribution >= 4 is 5.97 Å². The Kier molecular flexibility index (Phi) is 5.36. The summed E-state index contributed by atoms with van der Waals surface area (Å²) in [5, 5.41) is 30.8. The Morgan fingerprint density at radius 2 is 1.79 bits per heavy atom. The third-order valence-electron chi connectivity index (χ3n) is 10.3. The summed E-state index contributed by atoms with van der Waals surface area (Å²) in [4.78, 5) is 11.1. The molecule has 4 aliphatic rings. The van der Waals surface area contributed by atoms with Gasteiger partial charge in [-0.25, -0.2) is 0 Å². The molecule has 160 valence electrons. The van der Waals surface area contributed by atoms with Crippen molar-refractivity contribution < 1.29 is 20.1 Å². The standard InChI is InChI=1S/C24H40O4/c1-14(4-9-22(27)28)18-7-8-19-17-6-5-15-12-16(25)10-11-23(15,2)20(17)13-21(26)24(18,19)3/h14-21,25-26H,4-13H2,1-3H3,(H,27,28)/t14?,15-,16-,17+,18?,19+,20+,21+,23+,24-/m1/s1. The first kappa shape index (κ1) is 20.7. The lowest BCUT2D eigenvalue weighted by Crippen LogP contribution is -2.58. The zero-order chi connectivity index (χ0) is 20.3. The lowest BCUT2D eigenvalue weighted by atomic mass is 9.43. The number of rotatable bonds is 4. The monoisotopic (exact) mass is 392 g/mol. The Balaban J connectivity index is 1.56. The molecule has 10 atom stereocenters. The minimum atomic E-state index is -0.707. The third kappa shape index (κ3) is 3.05. The van der Waals surface area contributed by atoms with Crippen LogP contribution < -0.4 is 0 Å². The minimum absolute atomic E-state index is 0.0591. The van der Waals surface area contributed by atoms with E-state index in [4.69, 9.17) is 5.11 Å². The van der Waals surface area contributed by atoms with Crippen molar-refractivity contribution in [2.24, 2.45) is 46.3 Å². The van der Waals surface area contributed by atoms with Crippen LogP contribution in [0.2, 0.25) is 0 Å². The average Bonchev–Trinajstić information content (AvgIpc) is 3.00. The Morgan fingerprint density at radius 1 is 1.04 bits per heavy atom. The largest absolute Gasteiger partial charge is 0.481 e. The van der Waals surface area contributed by atoms with Gasteiger partial charge >= 0.3 is 5.97 Å². The van der Waals surface area contributed by atoms with E-state index in [9.17, 15) is 15.0 Å². The fourth-order valence-electron chi connectivity index (χ4n) is 8.71. The molecular weight excluding hydrogens is 352 g/mol. The van der Waals surface area contributed by atoms with Crippen molar-refractivity contribution in [1.82, 2.24) is 0 Å². The molecule has 0 aromatic carbocycles. The van der Waals surface area contributed by atoms with Gasteiger partial charge in [-0.15, -0.1) is 0 Å². The smallest absolute Gasteiger partial charge is 0.303 e.